The maximum atomic E-state index is 6.00. The molecule has 0 bridgehead atoms. The van der Waals surface area contributed by atoms with Crippen LogP contribution in [0.4, 0.5) is 5.69 Å². The lowest BCUT2D eigenvalue weighted by molar-refractivity contribution is -0.0502. The van der Waals surface area contributed by atoms with Crippen LogP contribution < -0.4 is 10.5 Å². The molecule has 1 aliphatic rings. The SMILES string of the molecule is CC1(C)CC(C)(S)[C@H]1Oc1ccc(N)c(Cl)c1. The fourth-order valence-corrected chi connectivity index (χ4v) is 3.80. The van der Waals surface area contributed by atoms with E-state index >= 15 is 0 Å². The fourth-order valence-electron chi connectivity index (χ4n) is 2.82. The van der Waals surface area contributed by atoms with Crippen LogP contribution >= 0.6 is 24.2 Å². The molecule has 1 saturated carbocycles. The van der Waals surface area contributed by atoms with E-state index in [1.807, 2.05) is 6.07 Å². The van der Waals surface area contributed by atoms with Crippen LogP contribution in [-0.4, -0.2) is 10.9 Å². The number of ether oxygens (including phenoxy) is 1. The molecule has 2 atom stereocenters. The molecule has 0 spiro atoms. The van der Waals surface area contributed by atoms with Gasteiger partial charge in [0.2, 0.25) is 0 Å². The minimum Gasteiger partial charge on any atom is -0.488 e. The maximum absolute atomic E-state index is 6.00. The van der Waals surface area contributed by atoms with E-state index in [0.29, 0.717) is 10.7 Å². The summed E-state index contributed by atoms with van der Waals surface area (Å²) in [7, 11) is 0. The van der Waals surface area contributed by atoms with Gasteiger partial charge < -0.3 is 10.5 Å². The molecule has 0 radical (unpaired) electrons. The molecule has 2 rings (SSSR count). The Labute approximate surface area is 113 Å². The van der Waals surface area contributed by atoms with E-state index in [0.717, 1.165) is 12.2 Å². The topological polar surface area (TPSA) is 35.2 Å². The Balaban J connectivity index is 2.18. The number of nitrogens with two attached hydrogens (primary N) is 1. The maximum Gasteiger partial charge on any atom is 0.121 e. The lowest BCUT2D eigenvalue weighted by Crippen LogP contribution is -2.61. The molecule has 1 fully saturated rings. The monoisotopic (exact) mass is 271 g/mol. The van der Waals surface area contributed by atoms with Gasteiger partial charge in [0.1, 0.15) is 11.9 Å². The standard InChI is InChI=1S/C13H18ClNOS/c1-12(2)7-13(3,17)11(12)16-8-4-5-10(15)9(14)6-8/h4-6,11,17H,7,15H2,1-3H3/t11-,13?/m0/s1. The lowest BCUT2D eigenvalue weighted by atomic mass is 9.61. The third kappa shape index (κ3) is 2.36. The highest BCUT2D eigenvalue weighted by Crippen LogP contribution is 2.53. The van der Waals surface area contributed by atoms with Gasteiger partial charge in [0.15, 0.2) is 0 Å². The molecule has 1 aliphatic carbocycles. The largest absolute Gasteiger partial charge is 0.488 e. The predicted octanol–water partition coefficient (Wildman–Crippen LogP) is 3.79. The summed E-state index contributed by atoms with van der Waals surface area (Å²) in [6.07, 6.45) is 1.12. The molecule has 0 amide bonds. The molecular weight excluding hydrogens is 254 g/mol. The van der Waals surface area contributed by atoms with Crippen molar-refractivity contribution in [1.82, 2.24) is 0 Å². The van der Waals surface area contributed by atoms with E-state index in [1.165, 1.54) is 0 Å². The van der Waals surface area contributed by atoms with Crippen LogP contribution in [0.3, 0.4) is 0 Å². The van der Waals surface area contributed by atoms with Crippen LogP contribution in [0.25, 0.3) is 0 Å². The van der Waals surface area contributed by atoms with Gasteiger partial charge in [0.25, 0.3) is 0 Å². The minimum absolute atomic E-state index is 0.0815. The number of thiol groups is 1. The predicted molar refractivity (Wildman–Crippen MR) is 76.1 cm³/mol. The molecule has 0 aliphatic heterocycles. The Morgan fingerprint density at radius 2 is 2.06 bits per heavy atom. The highest BCUT2D eigenvalue weighted by molar-refractivity contribution is 7.82. The van der Waals surface area contributed by atoms with Gasteiger partial charge in [-0.1, -0.05) is 25.4 Å². The Bertz CT molecular complexity index is 431. The molecule has 2 nitrogen and oxygen atoms in total. The van der Waals surface area contributed by atoms with Crippen LogP contribution in [0.2, 0.25) is 5.02 Å². The summed E-state index contributed by atoms with van der Waals surface area (Å²) < 4.78 is 5.91. The third-order valence-electron chi connectivity index (χ3n) is 3.31. The number of hydrogen-bond donors (Lipinski definition) is 2. The summed E-state index contributed by atoms with van der Waals surface area (Å²) in [6, 6.07) is 5.37. The van der Waals surface area contributed by atoms with E-state index in [4.69, 9.17) is 22.1 Å². The van der Waals surface area contributed by atoms with Crippen molar-refractivity contribution in [3.05, 3.63) is 23.2 Å². The van der Waals surface area contributed by atoms with Crippen LogP contribution in [0, 0.1) is 5.41 Å². The molecule has 0 aromatic heterocycles. The first kappa shape index (κ1) is 12.9. The summed E-state index contributed by atoms with van der Waals surface area (Å²) >= 11 is 10.6. The van der Waals surface area contributed by atoms with Crippen molar-refractivity contribution >= 4 is 29.9 Å². The van der Waals surface area contributed by atoms with Crippen molar-refractivity contribution in [3.63, 3.8) is 0 Å². The summed E-state index contributed by atoms with van der Waals surface area (Å²) in [4.78, 5) is 0. The van der Waals surface area contributed by atoms with Crippen molar-refractivity contribution < 1.29 is 4.74 Å². The number of benzene rings is 1. The van der Waals surface area contributed by atoms with E-state index < -0.39 is 0 Å². The molecule has 0 saturated heterocycles. The smallest absolute Gasteiger partial charge is 0.121 e. The Kier molecular flexibility index (Phi) is 3.03. The molecule has 2 N–H and O–H groups in total. The summed E-state index contributed by atoms with van der Waals surface area (Å²) in [5.74, 6) is 0.752. The summed E-state index contributed by atoms with van der Waals surface area (Å²) in [5, 5.41) is 0.528. The average molecular weight is 272 g/mol. The highest BCUT2D eigenvalue weighted by Gasteiger charge is 2.55. The van der Waals surface area contributed by atoms with Crippen molar-refractivity contribution in [2.24, 2.45) is 5.41 Å². The average Bonchev–Trinajstić information content (AvgIpc) is 2.17. The van der Waals surface area contributed by atoms with Crippen LogP contribution in [0.5, 0.6) is 5.75 Å². The van der Waals surface area contributed by atoms with Crippen LogP contribution in [0.1, 0.15) is 27.2 Å². The van der Waals surface area contributed by atoms with Crippen LogP contribution in [-0.2, 0) is 0 Å². The fraction of sp³-hybridized carbons (Fsp3) is 0.538. The van der Waals surface area contributed by atoms with Crippen molar-refractivity contribution in [3.8, 4) is 5.75 Å². The second kappa shape index (κ2) is 3.99. The zero-order valence-electron chi connectivity index (χ0n) is 10.3. The first-order chi connectivity index (χ1) is 7.72. The van der Waals surface area contributed by atoms with E-state index in [-0.39, 0.29) is 16.3 Å². The van der Waals surface area contributed by atoms with Gasteiger partial charge in [0, 0.05) is 16.2 Å². The Morgan fingerprint density at radius 1 is 1.41 bits per heavy atom. The molecule has 1 unspecified atom stereocenters. The second-order valence-corrected chi connectivity index (χ2v) is 7.13. The number of rotatable bonds is 2. The van der Waals surface area contributed by atoms with Gasteiger partial charge in [-0.3, -0.25) is 0 Å². The molecule has 94 valence electrons. The highest BCUT2D eigenvalue weighted by atomic mass is 35.5. The molecule has 17 heavy (non-hydrogen) atoms. The molecular formula is C13H18ClNOS. The number of halogens is 1. The first-order valence-corrected chi connectivity index (χ1v) is 6.49. The number of hydrogen-bond acceptors (Lipinski definition) is 3. The minimum atomic E-state index is -0.0860. The summed E-state index contributed by atoms with van der Waals surface area (Å²) in [6.45, 7) is 6.48. The Hall–Kier alpha value is -0.540. The first-order valence-electron chi connectivity index (χ1n) is 5.66. The van der Waals surface area contributed by atoms with Gasteiger partial charge in [0.05, 0.1) is 10.7 Å². The molecule has 1 aromatic carbocycles. The van der Waals surface area contributed by atoms with Gasteiger partial charge in [-0.2, -0.15) is 12.6 Å². The zero-order valence-corrected chi connectivity index (χ0v) is 12.0. The van der Waals surface area contributed by atoms with Gasteiger partial charge in [-0.05, 0) is 25.5 Å². The van der Waals surface area contributed by atoms with E-state index in [2.05, 4.69) is 33.4 Å². The van der Waals surface area contributed by atoms with E-state index in [1.54, 1.807) is 12.1 Å². The van der Waals surface area contributed by atoms with Gasteiger partial charge in [-0.15, -0.1) is 0 Å². The van der Waals surface area contributed by atoms with Crippen molar-refractivity contribution in [1.29, 1.82) is 0 Å². The molecule has 0 heterocycles. The quantitative estimate of drug-likeness (QED) is 0.634. The Morgan fingerprint density at radius 3 is 2.53 bits per heavy atom. The third-order valence-corrected chi connectivity index (χ3v) is 4.03. The van der Waals surface area contributed by atoms with Crippen molar-refractivity contribution in [2.75, 3.05) is 5.73 Å². The molecule has 4 heteroatoms. The number of nitrogen functional groups attached to an aromatic ring is 1. The van der Waals surface area contributed by atoms with Gasteiger partial charge in [-0.25, -0.2) is 0 Å². The van der Waals surface area contributed by atoms with Crippen LogP contribution in [0.15, 0.2) is 18.2 Å². The zero-order chi connectivity index (χ0) is 12.8. The second-order valence-electron chi connectivity index (χ2n) is 5.70. The van der Waals surface area contributed by atoms with Gasteiger partial charge >= 0.3 is 0 Å². The van der Waals surface area contributed by atoms with Crippen molar-refractivity contribution in [2.45, 2.75) is 38.0 Å². The normalized spacial score (nSPS) is 30.8. The molecule has 1 aromatic rings. The lowest BCUT2D eigenvalue weighted by Gasteiger charge is -2.55. The number of anilines is 1. The van der Waals surface area contributed by atoms with E-state index in [9.17, 15) is 0 Å². The summed E-state index contributed by atoms with van der Waals surface area (Å²) in [5.41, 5.74) is 6.38.